The molecule has 1 saturated carbocycles. The van der Waals surface area contributed by atoms with E-state index in [1.54, 1.807) is 0 Å². The molecule has 0 aromatic heterocycles. The zero-order valence-electron chi connectivity index (χ0n) is 8.09. The second kappa shape index (κ2) is 3.58. The number of carbonyl (C=O) groups excluding carboxylic acids is 1. The van der Waals surface area contributed by atoms with Gasteiger partial charge in [0.1, 0.15) is 5.82 Å². The first-order valence-electron chi connectivity index (χ1n) is 4.77. The number of hydrogen-bond acceptors (Lipinski definition) is 2. The molecule has 1 aliphatic rings. The summed E-state index contributed by atoms with van der Waals surface area (Å²) in [5.74, 6) is -0.513. The van der Waals surface area contributed by atoms with Crippen molar-refractivity contribution in [3.63, 3.8) is 0 Å². The minimum Gasteiger partial charge on any atom is -0.319 e. The third-order valence-electron chi connectivity index (χ3n) is 2.70. The van der Waals surface area contributed by atoms with Crippen molar-refractivity contribution in [2.45, 2.75) is 24.8 Å². The summed E-state index contributed by atoms with van der Waals surface area (Å²) in [6.07, 6.45) is 1.44. The van der Waals surface area contributed by atoms with Crippen molar-refractivity contribution in [3.05, 3.63) is 34.6 Å². The van der Waals surface area contributed by atoms with Crippen LogP contribution in [0.15, 0.2) is 18.2 Å². The Hall–Kier alpha value is -0.930. The van der Waals surface area contributed by atoms with Crippen molar-refractivity contribution < 1.29 is 9.18 Å². The molecule has 0 heterocycles. The molecule has 1 fully saturated rings. The van der Waals surface area contributed by atoms with Crippen LogP contribution in [0.25, 0.3) is 0 Å². The molecule has 0 saturated heterocycles. The summed E-state index contributed by atoms with van der Waals surface area (Å²) >= 11 is 5.72. The zero-order valence-corrected chi connectivity index (χ0v) is 8.85. The molecule has 1 aromatic rings. The smallest absolute Gasteiger partial charge is 0.157 e. The van der Waals surface area contributed by atoms with Crippen LogP contribution >= 0.6 is 11.6 Å². The van der Waals surface area contributed by atoms with Gasteiger partial charge in [-0.05, 0) is 36.6 Å². The predicted molar refractivity (Wildman–Crippen MR) is 56.3 cm³/mol. The van der Waals surface area contributed by atoms with Crippen molar-refractivity contribution in [2.75, 3.05) is 0 Å². The number of rotatable bonds is 3. The summed E-state index contributed by atoms with van der Waals surface area (Å²) in [6, 6.07) is 4.20. The van der Waals surface area contributed by atoms with E-state index in [-0.39, 0.29) is 12.2 Å². The SMILES string of the molecule is NC1(C(=O)Cc2cc(Cl)ccc2F)CC1. The van der Waals surface area contributed by atoms with Crippen LogP contribution in [0, 0.1) is 5.82 Å². The Balaban J connectivity index is 2.16. The van der Waals surface area contributed by atoms with Crippen molar-refractivity contribution in [3.8, 4) is 0 Å². The van der Waals surface area contributed by atoms with E-state index in [4.69, 9.17) is 17.3 Å². The lowest BCUT2D eigenvalue weighted by Crippen LogP contribution is -2.34. The molecule has 0 radical (unpaired) electrons. The Labute approximate surface area is 92.2 Å². The predicted octanol–water partition coefficient (Wildman–Crippen LogP) is 2.08. The first-order valence-corrected chi connectivity index (χ1v) is 5.15. The third kappa shape index (κ3) is 2.19. The number of hydrogen-bond donors (Lipinski definition) is 1. The largest absolute Gasteiger partial charge is 0.319 e. The maximum atomic E-state index is 13.3. The van der Waals surface area contributed by atoms with Gasteiger partial charge in [-0.25, -0.2) is 4.39 Å². The Morgan fingerprint density at radius 2 is 2.20 bits per heavy atom. The molecule has 1 aliphatic carbocycles. The molecule has 0 bridgehead atoms. The number of Topliss-reactive ketones (excluding diaryl/α,β-unsaturated/α-hetero) is 1. The van der Waals surface area contributed by atoms with E-state index in [0.29, 0.717) is 23.4 Å². The first kappa shape index (κ1) is 10.6. The van der Waals surface area contributed by atoms with Gasteiger partial charge in [0, 0.05) is 11.4 Å². The van der Waals surface area contributed by atoms with E-state index < -0.39 is 11.4 Å². The topological polar surface area (TPSA) is 43.1 Å². The summed E-state index contributed by atoms with van der Waals surface area (Å²) in [4.78, 5) is 11.6. The van der Waals surface area contributed by atoms with E-state index in [0.717, 1.165) is 0 Å². The average molecular weight is 228 g/mol. The number of halogens is 2. The molecule has 2 rings (SSSR count). The Kier molecular flexibility index (Phi) is 2.52. The normalized spacial score (nSPS) is 17.5. The number of carbonyl (C=O) groups is 1. The highest BCUT2D eigenvalue weighted by Crippen LogP contribution is 2.34. The van der Waals surface area contributed by atoms with Gasteiger partial charge < -0.3 is 5.73 Å². The molecule has 1 aromatic carbocycles. The third-order valence-corrected chi connectivity index (χ3v) is 2.94. The first-order chi connectivity index (χ1) is 7.01. The highest BCUT2D eigenvalue weighted by molar-refractivity contribution is 6.30. The zero-order chi connectivity index (χ0) is 11.1. The molecule has 2 nitrogen and oxygen atoms in total. The second-order valence-electron chi connectivity index (χ2n) is 3.99. The molecule has 0 unspecified atom stereocenters. The molecule has 0 spiro atoms. The summed E-state index contributed by atoms with van der Waals surface area (Å²) in [5.41, 5.74) is 5.34. The van der Waals surface area contributed by atoms with Gasteiger partial charge >= 0.3 is 0 Å². The second-order valence-corrected chi connectivity index (χ2v) is 4.43. The Morgan fingerprint density at radius 3 is 2.80 bits per heavy atom. The fraction of sp³-hybridized carbons (Fsp3) is 0.364. The molecule has 80 valence electrons. The van der Waals surface area contributed by atoms with E-state index in [9.17, 15) is 9.18 Å². The molecular formula is C11H11ClFNO. The minimum atomic E-state index is -0.700. The van der Waals surface area contributed by atoms with Crippen LogP contribution in [0.4, 0.5) is 4.39 Å². The van der Waals surface area contributed by atoms with E-state index in [1.165, 1.54) is 18.2 Å². The van der Waals surface area contributed by atoms with Gasteiger partial charge in [-0.1, -0.05) is 11.6 Å². The summed E-state index contributed by atoms with van der Waals surface area (Å²) < 4.78 is 13.3. The van der Waals surface area contributed by atoms with Crippen LogP contribution < -0.4 is 5.73 Å². The standard InChI is InChI=1S/C11H11ClFNO/c12-8-1-2-9(13)7(5-8)6-10(15)11(14)3-4-11/h1-2,5H,3-4,6,14H2. The van der Waals surface area contributed by atoms with E-state index >= 15 is 0 Å². The van der Waals surface area contributed by atoms with Gasteiger partial charge in [-0.2, -0.15) is 0 Å². The molecule has 0 amide bonds. The van der Waals surface area contributed by atoms with Gasteiger partial charge in [0.05, 0.1) is 5.54 Å². The molecule has 2 N–H and O–H groups in total. The molecular weight excluding hydrogens is 217 g/mol. The maximum absolute atomic E-state index is 13.3. The van der Waals surface area contributed by atoms with Crippen LogP contribution in [-0.4, -0.2) is 11.3 Å². The van der Waals surface area contributed by atoms with Crippen LogP contribution in [0.5, 0.6) is 0 Å². The van der Waals surface area contributed by atoms with Gasteiger partial charge in [-0.3, -0.25) is 4.79 Å². The van der Waals surface area contributed by atoms with Crippen LogP contribution in [0.1, 0.15) is 18.4 Å². The van der Waals surface area contributed by atoms with Gasteiger partial charge in [0.2, 0.25) is 0 Å². The lowest BCUT2D eigenvalue weighted by molar-refractivity contribution is -0.120. The van der Waals surface area contributed by atoms with Gasteiger partial charge in [0.25, 0.3) is 0 Å². The van der Waals surface area contributed by atoms with E-state index in [1.807, 2.05) is 0 Å². The average Bonchev–Trinajstić information content (AvgIpc) is 2.91. The van der Waals surface area contributed by atoms with Crippen molar-refractivity contribution in [2.24, 2.45) is 5.73 Å². The highest BCUT2D eigenvalue weighted by Gasteiger charge is 2.45. The van der Waals surface area contributed by atoms with Crippen LogP contribution in [0.3, 0.4) is 0 Å². The molecule has 0 atom stereocenters. The highest BCUT2D eigenvalue weighted by atomic mass is 35.5. The molecule has 4 heteroatoms. The van der Waals surface area contributed by atoms with Crippen molar-refractivity contribution in [1.29, 1.82) is 0 Å². The van der Waals surface area contributed by atoms with Gasteiger partial charge in [0.15, 0.2) is 5.78 Å². The van der Waals surface area contributed by atoms with E-state index in [2.05, 4.69) is 0 Å². The summed E-state index contributed by atoms with van der Waals surface area (Å²) in [6.45, 7) is 0. The fourth-order valence-electron chi connectivity index (χ4n) is 1.44. The fourth-order valence-corrected chi connectivity index (χ4v) is 1.64. The molecule has 15 heavy (non-hydrogen) atoms. The lowest BCUT2D eigenvalue weighted by Gasteiger charge is -2.08. The Morgan fingerprint density at radius 1 is 1.53 bits per heavy atom. The van der Waals surface area contributed by atoms with Crippen LogP contribution in [0.2, 0.25) is 5.02 Å². The maximum Gasteiger partial charge on any atom is 0.157 e. The lowest BCUT2D eigenvalue weighted by atomic mass is 10.0. The monoisotopic (exact) mass is 227 g/mol. The van der Waals surface area contributed by atoms with Crippen LogP contribution in [-0.2, 0) is 11.2 Å². The minimum absolute atomic E-state index is 0.0306. The number of ketones is 1. The Bertz CT molecular complexity index is 415. The van der Waals surface area contributed by atoms with Crippen molar-refractivity contribution in [1.82, 2.24) is 0 Å². The number of nitrogens with two attached hydrogens (primary N) is 1. The summed E-state index contributed by atoms with van der Waals surface area (Å²) in [5, 5.41) is 0.432. The summed E-state index contributed by atoms with van der Waals surface area (Å²) in [7, 11) is 0. The quantitative estimate of drug-likeness (QED) is 0.859. The van der Waals surface area contributed by atoms with Gasteiger partial charge in [-0.15, -0.1) is 0 Å². The molecule has 0 aliphatic heterocycles. The van der Waals surface area contributed by atoms with Crippen molar-refractivity contribution >= 4 is 17.4 Å². The number of benzene rings is 1.